The molecule has 0 aliphatic carbocycles. The van der Waals surface area contributed by atoms with E-state index < -0.39 is 11.9 Å². The molecular formula is C21H23N5O3. The Balaban J connectivity index is 1.56. The topological polar surface area (TPSA) is 105 Å². The molecule has 8 nitrogen and oxygen atoms in total. The van der Waals surface area contributed by atoms with Gasteiger partial charge in [-0.1, -0.05) is 42.5 Å². The van der Waals surface area contributed by atoms with Crippen molar-refractivity contribution in [1.29, 1.82) is 0 Å². The lowest BCUT2D eigenvalue weighted by molar-refractivity contribution is -0.129. The van der Waals surface area contributed by atoms with Crippen LogP contribution in [0.25, 0.3) is 11.0 Å². The molecule has 2 aromatic carbocycles. The fraction of sp³-hybridized carbons (Fsp3) is 0.238. The van der Waals surface area contributed by atoms with Crippen LogP contribution in [0.15, 0.2) is 54.6 Å². The summed E-state index contributed by atoms with van der Waals surface area (Å²) in [6.45, 7) is 1.40. The van der Waals surface area contributed by atoms with Gasteiger partial charge >= 0.3 is 0 Å². The van der Waals surface area contributed by atoms with E-state index in [0.717, 1.165) is 16.6 Å². The van der Waals surface area contributed by atoms with Gasteiger partial charge in [0, 0.05) is 14.0 Å². The second-order valence-electron chi connectivity index (χ2n) is 6.72. The minimum absolute atomic E-state index is 0.00381. The maximum absolute atomic E-state index is 12.3. The van der Waals surface area contributed by atoms with E-state index in [1.165, 1.54) is 6.92 Å². The Hall–Kier alpha value is -3.68. The maximum atomic E-state index is 12.3. The molecule has 0 spiro atoms. The lowest BCUT2D eigenvalue weighted by Crippen LogP contribution is -2.44. The summed E-state index contributed by atoms with van der Waals surface area (Å²) in [5.41, 5.74) is 7.36. The molecule has 0 bridgehead atoms. The van der Waals surface area contributed by atoms with Crippen LogP contribution in [-0.4, -0.2) is 27.3 Å². The van der Waals surface area contributed by atoms with Crippen molar-refractivity contribution < 1.29 is 14.4 Å². The number of aryl methyl sites for hydroxylation is 1. The first kappa shape index (κ1) is 20.1. The van der Waals surface area contributed by atoms with E-state index in [9.17, 15) is 14.4 Å². The molecule has 0 unspecified atom stereocenters. The molecule has 0 saturated heterocycles. The quantitative estimate of drug-likeness (QED) is 0.552. The molecule has 3 amide bonds. The third-order valence-corrected chi connectivity index (χ3v) is 4.51. The number of hydrazine groups is 1. The molecule has 29 heavy (non-hydrogen) atoms. The monoisotopic (exact) mass is 393 g/mol. The van der Waals surface area contributed by atoms with E-state index in [0.29, 0.717) is 5.82 Å². The molecule has 1 heterocycles. The number of hydrogen-bond acceptors (Lipinski definition) is 4. The zero-order chi connectivity index (χ0) is 20.8. The summed E-state index contributed by atoms with van der Waals surface area (Å²) < 4.78 is 1.85. The van der Waals surface area contributed by atoms with Crippen molar-refractivity contribution in [3.05, 3.63) is 66.0 Å². The van der Waals surface area contributed by atoms with Crippen molar-refractivity contribution in [2.24, 2.45) is 7.05 Å². The van der Waals surface area contributed by atoms with Crippen molar-refractivity contribution in [1.82, 2.24) is 25.7 Å². The highest BCUT2D eigenvalue weighted by molar-refractivity contribution is 5.84. The molecule has 150 valence electrons. The highest BCUT2D eigenvalue weighted by Crippen LogP contribution is 2.16. The molecule has 0 saturated carbocycles. The highest BCUT2D eigenvalue weighted by atomic mass is 16.2. The van der Waals surface area contributed by atoms with E-state index in [1.807, 2.05) is 66.2 Å². The minimum Gasteiger partial charge on any atom is -0.349 e. The number of imidazole rings is 1. The fourth-order valence-electron chi connectivity index (χ4n) is 3.10. The number of fused-ring (bicyclic) bond motifs is 1. The van der Waals surface area contributed by atoms with Gasteiger partial charge < -0.3 is 9.88 Å². The predicted octanol–water partition coefficient (Wildman–Crippen LogP) is 1.53. The molecular weight excluding hydrogens is 370 g/mol. The van der Waals surface area contributed by atoms with Gasteiger partial charge in [0.2, 0.25) is 17.7 Å². The second-order valence-corrected chi connectivity index (χ2v) is 6.72. The Morgan fingerprint density at radius 1 is 0.966 bits per heavy atom. The standard InChI is InChI=1S/C21H23N5O3/c1-14(27)22-17(15-8-4-3-5-9-15)12-20(28)24-25-21(29)13-19-23-16-10-6-7-11-18(16)26(19)2/h3-11,17H,12-13H2,1-2H3,(H,22,27)(H,24,28)(H,25,29)/t17-/m1/s1. The third-order valence-electron chi connectivity index (χ3n) is 4.51. The minimum atomic E-state index is -0.481. The second kappa shape index (κ2) is 9.01. The maximum Gasteiger partial charge on any atom is 0.245 e. The van der Waals surface area contributed by atoms with Gasteiger partial charge in [-0.05, 0) is 17.7 Å². The number of carbonyl (C=O) groups is 3. The number of nitrogens with one attached hydrogen (secondary N) is 3. The van der Waals surface area contributed by atoms with Crippen LogP contribution in [-0.2, 0) is 27.9 Å². The Kier molecular flexibility index (Phi) is 6.23. The summed E-state index contributed by atoms with van der Waals surface area (Å²) in [6.07, 6.45) is 0.0232. The van der Waals surface area contributed by atoms with E-state index >= 15 is 0 Å². The Morgan fingerprint density at radius 3 is 2.31 bits per heavy atom. The van der Waals surface area contributed by atoms with Crippen molar-refractivity contribution in [2.75, 3.05) is 0 Å². The number of nitrogens with zero attached hydrogens (tertiary/aromatic N) is 2. The summed E-state index contributed by atoms with van der Waals surface area (Å²) in [5.74, 6) is -0.436. The zero-order valence-corrected chi connectivity index (χ0v) is 16.3. The Labute approximate surface area is 168 Å². The average molecular weight is 393 g/mol. The number of amides is 3. The third kappa shape index (κ3) is 5.19. The molecule has 0 aliphatic heterocycles. The average Bonchev–Trinajstić information content (AvgIpc) is 3.02. The fourth-order valence-corrected chi connectivity index (χ4v) is 3.10. The van der Waals surface area contributed by atoms with Gasteiger partial charge in [-0.3, -0.25) is 25.2 Å². The smallest absolute Gasteiger partial charge is 0.245 e. The largest absolute Gasteiger partial charge is 0.349 e. The van der Waals surface area contributed by atoms with Gasteiger partial charge in [-0.2, -0.15) is 0 Å². The first-order valence-corrected chi connectivity index (χ1v) is 9.24. The van der Waals surface area contributed by atoms with Crippen molar-refractivity contribution >= 4 is 28.8 Å². The van der Waals surface area contributed by atoms with Crippen LogP contribution in [0.4, 0.5) is 0 Å². The van der Waals surface area contributed by atoms with Crippen molar-refractivity contribution in [2.45, 2.75) is 25.8 Å². The number of hydrogen-bond donors (Lipinski definition) is 3. The van der Waals surface area contributed by atoms with Gasteiger partial charge in [0.05, 0.1) is 29.9 Å². The molecule has 3 rings (SSSR count). The Bertz CT molecular complexity index is 1030. The summed E-state index contributed by atoms with van der Waals surface area (Å²) in [4.78, 5) is 40.4. The first-order valence-electron chi connectivity index (χ1n) is 9.24. The number of para-hydroxylation sites is 2. The number of carbonyl (C=O) groups excluding carboxylic acids is 3. The number of benzene rings is 2. The van der Waals surface area contributed by atoms with Crippen LogP contribution < -0.4 is 16.2 Å². The van der Waals surface area contributed by atoms with E-state index in [1.54, 1.807) is 0 Å². The van der Waals surface area contributed by atoms with Crippen LogP contribution in [0, 0.1) is 0 Å². The highest BCUT2D eigenvalue weighted by Gasteiger charge is 2.18. The normalized spacial score (nSPS) is 11.7. The molecule has 3 N–H and O–H groups in total. The molecule has 3 aromatic rings. The summed E-state index contributed by atoms with van der Waals surface area (Å²) in [5, 5.41) is 2.75. The van der Waals surface area contributed by atoms with Crippen LogP contribution in [0.2, 0.25) is 0 Å². The van der Waals surface area contributed by atoms with E-state index in [2.05, 4.69) is 21.2 Å². The summed E-state index contributed by atoms with van der Waals surface area (Å²) in [7, 11) is 1.84. The zero-order valence-electron chi connectivity index (χ0n) is 16.3. The van der Waals surface area contributed by atoms with E-state index in [-0.39, 0.29) is 24.7 Å². The molecule has 1 atom stereocenters. The van der Waals surface area contributed by atoms with Crippen LogP contribution >= 0.6 is 0 Å². The van der Waals surface area contributed by atoms with Gasteiger partial charge in [-0.25, -0.2) is 4.98 Å². The van der Waals surface area contributed by atoms with Gasteiger partial charge in [0.15, 0.2) is 0 Å². The van der Waals surface area contributed by atoms with Crippen molar-refractivity contribution in [3.8, 4) is 0 Å². The molecule has 0 aliphatic rings. The van der Waals surface area contributed by atoms with Gasteiger partial charge in [0.25, 0.3) is 0 Å². The first-order chi connectivity index (χ1) is 13.9. The molecule has 0 fully saturated rings. The van der Waals surface area contributed by atoms with Gasteiger partial charge in [0.1, 0.15) is 5.82 Å². The lowest BCUT2D eigenvalue weighted by atomic mass is 10.0. The summed E-state index contributed by atoms with van der Waals surface area (Å²) in [6, 6.07) is 16.3. The SMILES string of the molecule is CC(=O)N[C@H](CC(=O)NNC(=O)Cc1nc2ccccc2n1C)c1ccccc1. The molecule has 1 aromatic heterocycles. The van der Waals surface area contributed by atoms with Crippen LogP contribution in [0.3, 0.4) is 0 Å². The lowest BCUT2D eigenvalue weighted by Gasteiger charge is -2.18. The number of rotatable bonds is 6. The van der Waals surface area contributed by atoms with Crippen LogP contribution in [0.5, 0.6) is 0 Å². The molecule has 0 radical (unpaired) electrons. The summed E-state index contributed by atoms with van der Waals surface area (Å²) >= 11 is 0. The van der Waals surface area contributed by atoms with Crippen molar-refractivity contribution in [3.63, 3.8) is 0 Å². The van der Waals surface area contributed by atoms with Gasteiger partial charge in [-0.15, -0.1) is 0 Å². The predicted molar refractivity (Wildman–Crippen MR) is 108 cm³/mol. The number of aromatic nitrogens is 2. The molecule has 8 heteroatoms. The Morgan fingerprint density at radius 2 is 1.62 bits per heavy atom. The van der Waals surface area contributed by atoms with E-state index in [4.69, 9.17) is 0 Å². The van der Waals surface area contributed by atoms with Crippen LogP contribution in [0.1, 0.15) is 30.8 Å².